The summed E-state index contributed by atoms with van der Waals surface area (Å²) in [5, 5.41) is 2.89. The molecule has 1 atom stereocenters. The van der Waals surface area contributed by atoms with E-state index in [1.54, 1.807) is 0 Å². The number of carbonyl (C=O) groups is 2. The molecule has 1 aromatic carbocycles. The summed E-state index contributed by atoms with van der Waals surface area (Å²) in [6.07, 6.45) is 4.96. The van der Waals surface area contributed by atoms with E-state index in [0.717, 1.165) is 44.3 Å². The third-order valence-electron chi connectivity index (χ3n) is 4.41. The van der Waals surface area contributed by atoms with Crippen LogP contribution in [0.15, 0.2) is 30.3 Å². The lowest BCUT2D eigenvalue weighted by Gasteiger charge is -2.25. The molecule has 5 nitrogen and oxygen atoms in total. The Morgan fingerprint density at radius 1 is 1.08 bits per heavy atom. The van der Waals surface area contributed by atoms with Gasteiger partial charge in [0.25, 0.3) is 0 Å². The highest BCUT2D eigenvalue weighted by molar-refractivity contribution is 5.83. The highest BCUT2D eigenvalue weighted by Crippen LogP contribution is 2.12. The van der Waals surface area contributed by atoms with Crippen LogP contribution in [0, 0.1) is 5.92 Å². The SMILES string of the molecule is CC(C)CC(NC(=O)N1CCCCCC1)C(=O)OCc1ccccc1. The summed E-state index contributed by atoms with van der Waals surface area (Å²) in [6, 6.07) is 8.84. The maximum Gasteiger partial charge on any atom is 0.329 e. The zero-order chi connectivity index (χ0) is 18.1. The minimum atomic E-state index is -0.598. The molecule has 2 amide bonds. The number of urea groups is 1. The third kappa shape index (κ3) is 6.77. The lowest BCUT2D eigenvalue weighted by atomic mass is 10.0. The van der Waals surface area contributed by atoms with Gasteiger partial charge in [-0.25, -0.2) is 9.59 Å². The van der Waals surface area contributed by atoms with E-state index in [4.69, 9.17) is 4.74 Å². The number of benzene rings is 1. The molecule has 0 aliphatic carbocycles. The lowest BCUT2D eigenvalue weighted by Crippen LogP contribution is -2.49. The van der Waals surface area contributed by atoms with Crippen LogP contribution in [0.4, 0.5) is 4.79 Å². The molecule has 25 heavy (non-hydrogen) atoms. The van der Waals surface area contributed by atoms with Crippen LogP contribution in [0.25, 0.3) is 0 Å². The molecule has 0 radical (unpaired) electrons. The summed E-state index contributed by atoms with van der Waals surface area (Å²) < 4.78 is 5.43. The summed E-state index contributed by atoms with van der Waals surface area (Å²) in [6.45, 7) is 5.83. The van der Waals surface area contributed by atoms with E-state index < -0.39 is 6.04 Å². The highest BCUT2D eigenvalue weighted by Gasteiger charge is 2.26. The predicted molar refractivity (Wildman–Crippen MR) is 98.1 cm³/mol. The molecular formula is C20H30N2O3. The molecule has 1 aliphatic rings. The van der Waals surface area contributed by atoms with Crippen molar-refractivity contribution in [2.24, 2.45) is 5.92 Å². The average molecular weight is 346 g/mol. The lowest BCUT2D eigenvalue weighted by molar-refractivity contribution is -0.147. The normalized spacial score (nSPS) is 16.2. The smallest absolute Gasteiger partial charge is 0.329 e. The summed E-state index contributed by atoms with van der Waals surface area (Å²) in [7, 11) is 0. The van der Waals surface area contributed by atoms with E-state index in [1.807, 2.05) is 49.1 Å². The van der Waals surface area contributed by atoms with Crippen molar-refractivity contribution in [1.82, 2.24) is 10.2 Å². The zero-order valence-corrected chi connectivity index (χ0v) is 15.4. The summed E-state index contributed by atoms with van der Waals surface area (Å²) in [5.41, 5.74) is 0.943. The Bertz CT molecular complexity index is 537. The van der Waals surface area contributed by atoms with Crippen LogP contribution in [-0.2, 0) is 16.1 Å². The van der Waals surface area contributed by atoms with Gasteiger partial charge in [-0.05, 0) is 30.7 Å². The van der Waals surface area contributed by atoms with E-state index >= 15 is 0 Å². The van der Waals surface area contributed by atoms with Gasteiger partial charge in [-0.15, -0.1) is 0 Å². The molecule has 1 saturated heterocycles. The van der Waals surface area contributed by atoms with E-state index in [1.165, 1.54) is 0 Å². The van der Waals surface area contributed by atoms with E-state index in [-0.39, 0.29) is 18.6 Å². The Balaban J connectivity index is 1.92. The predicted octanol–water partition coefficient (Wildman–Crippen LogP) is 3.73. The Hall–Kier alpha value is -2.04. The van der Waals surface area contributed by atoms with E-state index in [9.17, 15) is 9.59 Å². The molecule has 1 heterocycles. The van der Waals surface area contributed by atoms with Crippen molar-refractivity contribution in [3.05, 3.63) is 35.9 Å². The standard InChI is InChI=1S/C20H30N2O3/c1-16(2)14-18(19(23)25-15-17-10-6-5-7-11-17)21-20(24)22-12-8-3-4-9-13-22/h5-7,10-11,16,18H,3-4,8-9,12-15H2,1-2H3,(H,21,24). The highest BCUT2D eigenvalue weighted by atomic mass is 16.5. The van der Waals surface area contributed by atoms with E-state index in [0.29, 0.717) is 12.3 Å². The number of hydrogen-bond donors (Lipinski definition) is 1. The minimum absolute atomic E-state index is 0.149. The molecule has 1 aromatic rings. The second kappa shape index (κ2) is 10.1. The second-order valence-corrected chi connectivity index (χ2v) is 7.13. The van der Waals surface area contributed by atoms with E-state index in [2.05, 4.69) is 5.32 Å². The number of nitrogens with zero attached hydrogens (tertiary/aromatic N) is 1. The molecule has 0 bridgehead atoms. The fraction of sp³-hybridized carbons (Fsp3) is 0.600. The Labute approximate surface area is 150 Å². The van der Waals surface area contributed by atoms with Gasteiger partial charge in [0.05, 0.1) is 0 Å². The first kappa shape index (κ1) is 19.3. The van der Waals surface area contributed by atoms with Gasteiger partial charge >= 0.3 is 12.0 Å². The number of esters is 1. The monoisotopic (exact) mass is 346 g/mol. The van der Waals surface area contributed by atoms with Gasteiger partial charge in [-0.3, -0.25) is 0 Å². The van der Waals surface area contributed by atoms with Crippen molar-refractivity contribution in [3.8, 4) is 0 Å². The average Bonchev–Trinajstić information content (AvgIpc) is 2.89. The first-order valence-electron chi connectivity index (χ1n) is 9.32. The quantitative estimate of drug-likeness (QED) is 0.799. The van der Waals surface area contributed by atoms with Crippen LogP contribution in [-0.4, -0.2) is 36.0 Å². The van der Waals surface area contributed by atoms with Crippen molar-refractivity contribution in [2.75, 3.05) is 13.1 Å². The molecular weight excluding hydrogens is 316 g/mol. The van der Waals surface area contributed by atoms with Crippen LogP contribution >= 0.6 is 0 Å². The van der Waals surface area contributed by atoms with Crippen molar-refractivity contribution in [3.63, 3.8) is 0 Å². The molecule has 1 aliphatic heterocycles. The largest absolute Gasteiger partial charge is 0.459 e. The number of hydrogen-bond acceptors (Lipinski definition) is 3. The van der Waals surface area contributed by atoms with Crippen LogP contribution in [0.5, 0.6) is 0 Å². The number of rotatable bonds is 6. The zero-order valence-electron chi connectivity index (χ0n) is 15.4. The van der Waals surface area contributed by atoms with Crippen LogP contribution < -0.4 is 5.32 Å². The summed E-state index contributed by atoms with van der Waals surface area (Å²) in [5.74, 6) is -0.0700. The molecule has 138 valence electrons. The second-order valence-electron chi connectivity index (χ2n) is 7.13. The molecule has 0 aromatic heterocycles. The Morgan fingerprint density at radius 2 is 1.72 bits per heavy atom. The molecule has 0 spiro atoms. The van der Waals surface area contributed by atoms with Crippen molar-refractivity contribution >= 4 is 12.0 Å². The Kier molecular flexibility index (Phi) is 7.76. The van der Waals surface area contributed by atoms with Crippen LogP contribution in [0.2, 0.25) is 0 Å². The summed E-state index contributed by atoms with van der Waals surface area (Å²) in [4.78, 5) is 26.8. The molecule has 1 N–H and O–H groups in total. The topological polar surface area (TPSA) is 58.6 Å². The molecule has 1 fully saturated rings. The van der Waals surface area contributed by atoms with Crippen LogP contribution in [0.3, 0.4) is 0 Å². The van der Waals surface area contributed by atoms with Crippen molar-refractivity contribution in [1.29, 1.82) is 0 Å². The van der Waals surface area contributed by atoms with Gasteiger partial charge in [-0.1, -0.05) is 57.0 Å². The van der Waals surface area contributed by atoms with Crippen molar-refractivity contribution < 1.29 is 14.3 Å². The first-order chi connectivity index (χ1) is 12.1. The molecule has 0 saturated carbocycles. The maximum atomic E-state index is 12.5. The maximum absolute atomic E-state index is 12.5. The molecule has 1 unspecified atom stereocenters. The van der Waals surface area contributed by atoms with Gasteiger partial charge in [0.2, 0.25) is 0 Å². The van der Waals surface area contributed by atoms with Gasteiger partial charge in [0.1, 0.15) is 12.6 Å². The fourth-order valence-corrected chi connectivity index (χ4v) is 3.03. The molecule has 2 rings (SSSR count). The van der Waals surface area contributed by atoms with Crippen LogP contribution in [0.1, 0.15) is 51.5 Å². The molecule has 5 heteroatoms. The van der Waals surface area contributed by atoms with Gasteiger partial charge in [0.15, 0.2) is 0 Å². The minimum Gasteiger partial charge on any atom is -0.459 e. The first-order valence-corrected chi connectivity index (χ1v) is 9.32. The number of nitrogens with one attached hydrogen (secondary N) is 1. The van der Waals surface area contributed by atoms with Gasteiger partial charge in [-0.2, -0.15) is 0 Å². The fourth-order valence-electron chi connectivity index (χ4n) is 3.03. The third-order valence-corrected chi connectivity index (χ3v) is 4.41. The number of amides is 2. The van der Waals surface area contributed by atoms with Crippen molar-refractivity contribution in [2.45, 2.75) is 58.6 Å². The van der Waals surface area contributed by atoms with Gasteiger partial charge in [0, 0.05) is 13.1 Å². The van der Waals surface area contributed by atoms with Gasteiger partial charge < -0.3 is 15.0 Å². The summed E-state index contributed by atoms with van der Waals surface area (Å²) >= 11 is 0. The number of ether oxygens (including phenoxy) is 1. The number of carbonyl (C=O) groups excluding carboxylic acids is 2. The number of likely N-dealkylation sites (tertiary alicyclic amines) is 1. The Morgan fingerprint density at radius 3 is 2.32 bits per heavy atom.